The molecule has 2 N–H and O–H groups in total. The molecule has 3 aromatic rings. The van der Waals surface area contributed by atoms with Crippen molar-refractivity contribution in [2.75, 3.05) is 12.8 Å². The molecule has 0 unspecified atom stereocenters. The van der Waals surface area contributed by atoms with Crippen LogP contribution in [0.25, 0.3) is 22.2 Å². The Hall–Kier alpha value is -2.43. The maximum absolute atomic E-state index is 5.85. The fourth-order valence-electron chi connectivity index (χ4n) is 2.31. The number of aromatic nitrogens is 3. The second kappa shape index (κ2) is 4.05. The van der Waals surface area contributed by atoms with Crippen LogP contribution in [-0.4, -0.2) is 21.5 Å². The van der Waals surface area contributed by atoms with Crippen molar-refractivity contribution in [2.24, 2.45) is 14.1 Å². The van der Waals surface area contributed by atoms with Gasteiger partial charge in [-0.15, -0.1) is 0 Å². The van der Waals surface area contributed by atoms with Crippen molar-refractivity contribution in [3.05, 3.63) is 30.5 Å². The number of nitrogen functional groups attached to an aromatic ring is 1. The van der Waals surface area contributed by atoms with Gasteiger partial charge in [0, 0.05) is 43.4 Å². The molecular formula is C14H16N4O. The van der Waals surface area contributed by atoms with Gasteiger partial charge in [0.25, 0.3) is 0 Å². The quantitative estimate of drug-likeness (QED) is 0.764. The van der Waals surface area contributed by atoms with Crippen molar-refractivity contribution in [1.29, 1.82) is 0 Å². The predicted octanol–water partition coefficient (Wildman–Crippen LogP) is 2.17. The lowest BCUT2D eigenvalue weighted by molar-refractivity contribution is 0.415. The number of anilines is 1. The molecule has 0 bridgehead atoms. The first-order chi connectivity index (χ1) is 9.10. The van der Waals surface area contributed by atoms with Crippen LogP contribution < -0.4 is 10.5 Å². The molecule has 1 aromatic carbocycles. The number of aryl methyl sites for hydroxylation is 2. The van der Waals surface area contributed by atoms with Gasteiger partial charge in [-0.2, -0.15) is 5.10 Å². The second-order valence-electron chi connectivity index (χ2n) is 4.61. The molecule has 0 saturated carbocycles. The van der Waals surface area contributed by atoms with E-state index in [0.717, 1.165) is 27.9 Å². The number of rotatable bonds is 2. The van der Waals surface area contributed by atoms with Gasteiger partial charge in [-0.3, -0.25) is 4.68 Å². The van der Waals surface area contributed by atoms with Gasteiger partial charge in [-0.1, -0.05) is 0 Å². The summed E-state index contributed by atoms with van der Waals surface area (Å²) < 4.78 is 9.01. The van der Waals surface area contributed by atoms with E-state index in [0.29, 0.717) is 5.82 Å². The lowest BCUT2D eigenvalue weighted by Crippen LogP contribution is -1.96. The molecule has 2 heterocycles. The molecule has 5 nitrogen and oxygen atoms in total. The lowest BCUT2D eigenvalue weighted by atomic mass is 10.1. The molecule has 0 atom stereocenters. The van der Waals surface area contributed by atoms with E-state index < -0.39 is 0 Å². The number of methoxy groups -OCH3 is 1. The van der Waals surface area contributed by atoms with Crippen LogP contribution in [0.1, 0.15) is 0 Å². The van der Waals surface area contributed by atoms with E-state index in [1.54, 1.807) is 11.8 Å². The van der Waals surface area contributed by atoms with E-state index in [1.807, 2.05) is 38.4 Å². The van der Waals surface area contributed by atoms with E-state index >= 15 is 0 Å². The Morgan fingerprint density at radius 2 is 2.00 bits per heavy atom. The van der Waals surface area contributed by atoms with Crippen molar-refractivity contribution in [3.63, 3.8) is 0 Å². The number of hydrogen-bond donors (Lipinski definition) is 1. The van der Waals surface area contributed by atoms with Gasteiger partial charge < -0.3 is 15.0 Å². The third-order valence-electron chi connectivity index (χ3n) is 3.39. The number of nitrogens with two attached hydrogens (primary N) is 1. The topological polar surface area (TPSA) is 58.0 Å². The largest absolute Gasteiger partial charge is 0.497 e. The molecule has 0 aliphatic rings. The number of fused-ring (bicyclic) bond motifs is 1. The average molecular weight is 256 g/mol. The molecule has 0 aliphatic carbocycles. The minimum atomic E-state index is 0.653. The van der Waals surface area contributed by atoms with Crippen LogP contribution in [0, 0.1) is 0 Å². The summed E-state index contributed by atoms with van der Waals surface area (Å²) in [6, 6.07) is 7.91. The Labute approximate surface area is 111 Å². The predicted molar refractivity (Wildman–Crippen MR) is 76.1 cm³/mol. The van der Waals surface area contributed by atoms with E-state index in [1.165, 1.54) is 0 Å². The lowest BCUT2D eigenvalue weighted by Gasteiger charge is -2.01. The Morgan fingerprint density at radius 3 is 2.63 bits per heavy atom. The van der Waals surface area contributed by atoms with Crippen LogP contribution in [0.4, 0.5) is 5.82 Å². The second-order valence-corrected chi connectivity index (χ2v) is 4.61. The minimum Gasteiger partial charge on any atom is -0.497 e. The van der Waals surface area contributed by atoms with Gasteiger partial charge >= 0.3 is 0 Å². The first-order valence-corrected chi connectivity index (χ1v) is 6.03. The van der Waals surface area contributed by atoms with E-state index in [4.69, 9.17) is 10.5 Å². The summed E-state index contributed by atoms with van der Waals surface area (Å²) in [4.78, 5) is 0. The molecule has 3 rings (SSSR count). The number of hydrogen-bond acceptors (Lipinski definition) is 3. The standard InChI is InChI=1S/C14H16N4O/c1-17-8-11(12-7-14(15)18(2)16-12)10-5-4-9(19-3)6-13(10)17/h4-8H,15H2,1-3H3. The van der Waals surface area contributed by atoms with E-state index in [2.05, 4.69) is 15.9 Å². The van der Waals surface area contributed by atoms with Gasteiger partial charge in [-0.25, -0.2) is 0 Å². The van der Waals surface area contributed by atoms with Gasteiger partial charge in [0.05, 0.1) is 18.3 Å². The molecule has 0 spiro atoms. The van der Waals surface area contributed by atoms with Crippen LogP contribution in [0.5, 0.6) is 5.75 Å². The fraction of sp³-hybridized carbons (Fsp3) is 0.214. The maximum atomic E-state index is 5.85. The average Bonchev–Trinajstić information content (AvgIpc) is 2.91. The zero-order valence-electron chi connectivity index (χ0n) is 11.2. The summed E-state index contributed by atoms with van der Waals surface area (Å²) in [5.74, 6) is 1.50. The Bertz CT molecular complexity index is 735. The van der Waals surface area contributed by atoms with Crippen LogP contribution >= 0.6 is 0 Å². The molecule has 0 fully saturated rings. The van der Waals surface area contributed by atoms with Crippen molar-refractivity contribution in [3.8, 4) is 17.0 Å². The van der Waals surface area contributed by atoms with Crippen molar-refractivity contribution < 1.29 is 4.74 Å². The first kappa shape index (κ1) is 11.6. The zero-order valence-corrected chi connectivity index (χ0v) is 11.2. The molecule has 98 valence electrons. The highest BCUT2D eigenvalue weighted by molar-refractivity contribution is 5.96. The van der Waals surface area contributed by atoms with Gasteiger partial charge in [0.15, 0.2) is 0 Å². The zero-order chi connectivity index (χ0) is 13.6. The van der Waals surface area contributed by atoms with Crippen LogP contribution in [-0.2, 0) is 14.1 Å². The summed E-state index contributed by atoms with van der Waals surface area (Å²) in [6.45, 7) is 0. The van der Waals surface area contributed by atoms with Gasteiger partial charge in [0.1, 0.15) is 11.6 Å². The highest BCUT2D eigenvalue weighted by Gasteiger charge is 2.12. The highest BCUT2D eigenvalue weighted by Crippen LogP contribution is 2.32. The molecule has 0 aliphatic heterocycles. The molecule has 0 saturated heterocycles. The summed E-state index contributed by atoms with van der Waals surface area (Å²) in [7, 11) is 5.52. The van der Waals surface area contributed by atoms with E-state index in [-0.39, 0.29) is 0 Å². The fourth-order valence-corrected chi connectivity index (χ4v) is 2.31. The molecule has 19 heavy (non-hydrogen) atoms. The van der Waals surface area contributed by atoms with Crippen molar-refractivity contribution in [1.82, 2.24) is 14.3 Å². The Balaban J connectivity index is 2.25. The third-order valence-corrected chi connectivity index (χ3v) is 3.39. The number of ether oxygens (including phenoxy) is 1. The molecule has 2 aromatic heterocycles. The monoisotopic (exact) mass is 256 g/mol. The molecule has 0 amide bonds. The Kier molecular flexibility index (Phi) is 2.48. The third kappa shape index (κ3) is 1.74. The number of benzene rings is 1. The summed E-state index contributed by atoms with van der Waals surface area (Å²) >= 11 is 0. The van der Waals surface area contributed by atoms with Gasteiger partial charge in [-0.05, 0) is 12.1 Å². The summed E-state index contributed by atoms with van der Waals surface area (Å²) in [5.41, 5.74) is 8.92. The molecule has 0 radical (unpaired) electrons. The van der Waals surface area contributed by atoms with Gasteiger partial charge in [0.2, 0.25) is 0 Å². The first-order valence-electron chi connectivity index (χ1n) is 6.03. The maximum Gasteiger partial charge on any atom is 0.121 e. The van der Waals surface area contributed by atoms with Crippen LogP contribution in [0.2, 0.25) is 0 Å². The smallest absolute Gasteiger partial charge is 0.121 e. The van der Waals surface area contributed by atoms with Crippen molar-refractivity contribution >= 4 is 16.7 Å². The minimum absolute atomic E-state index is 0.653. The van der Waals surface area contributed by atoms with Crippen molar-refractivity contribution in [2.45, 2.75) is 0 Å². The normalized spacial score (nSPS) is 11.1. The number of nitrogens with zero attached hydrogens (tertiary/aromatic N) is 3. The van der Waals surface area contributed by atoms with Crippen LogP contribution in [0.15, 0.2) is 30.5 Å². The van der Waals surface area contributed by atoms with Crippen LogP contribution in [0.3, 0.4) is 0 Å². The molecule has 5 heteroatoms. The SMILES string of the molecule is COc1ccc2c(-c3cc(N)n(C)n3)cn(C)c2c1. The molecular weight excluding hydrogens is 240 g/mol. The summed E-state index contributed by atoms with van der Waals surface area (Å²) in [5, 5.41) is 5.57. The summed E-state index contributed by atoms with van der Waals surface area (Å²) in [6.07, 6.45) is 2.06. The highest BCUT2D eigenvalue weighted by atomic mass is 16.5. The Morgan fingerprint density at radius 1 is 1.21 bits per heavy atom. The van der Waals surface area contributed by atoms with E-state index in [9.17, 15) is 0 Å².